The van der Waals surface area contributed by atoms with Gasteiger partial charge in [-0.05, 0) is 6.92 Å². The fraction of sp³-hybridized carbons (Fsp3) is 0.455. The van der Waals surface area contributed by atoms with Crippen LogP contribution >= 0.6 is 11.3 Å². The van der Waals surface area contributed by atoms with Crippen LogP contribution in [0.4, 0.5) is 4.79 Å². The van der Waals surface area contributed by atoms with Crippen LogP contribution in [0.2, 0.25) is 0 Å². The first-order valence-electron chi connectivity index (χ1n) is 5.66. The molecule has 0 fully saturated rings. The highest BCUT2D eigenvalue weighted by atomic mass is 32.1. The zero-order valence-corrected chi connectivity index (χ0v) is 11.2. The normalized spacial score (nSPS) is 9.68. The summed E-state index contributed by atoms with van der Waals surface area (Å²) in [7, 11) is 0. The average molecular weight is 282 g/mol. The first-order chi connectivity index (χ1) is 9.08. The molecule has 2 N–H and O–H groups in total. The van der Waals surface area contributed by atoms with Crippen LogP contribution in [-0.2, 0) is 6.54 Å². The molecular formula is C11H14N4O3S. The molecule has 19 heavy (non-hydrogen) atoms. The second-order valence-electron chi connectivity index (χ2n) is 3.58. The van der Waals surface area contributed by atoms with Crippen molar-refractivity contribution in [3.8, 4) is 6.07 Å². The van der Waals surface area contributed by atoms with E-state index in [9.17, 15) is 9.59 Å². The van der Waals surface area contributed by atoms with Gasteiger partial charge in [0, 0.05) is 18.5 Å². The summed E-state index contributed by atoms with van der Waals surface area (Å²) in [5, 5.41) is 21.8. The van der Waals surface area contributed by atoms with Crippen molar-refractivity contribution in [3.63, 3.8) is 0 Å². The van der Waals surface area contributed by atoms with Gasteiger partial charge < -0.3 is 15.3 Å². The lowest BCUT2D eigenvalue weighted by Gasteiger charge is -2.19. The molecule has 0 aromatic carbocycles. The van der Waals surface area contributed by atoms with Gasteiger partial charge in [0.05, 0.1) is 19.0 Å². The number of carbonyl (C=O) groups excluding carboxylic acids is 1. The van der Waals surface area contributed by atoms with Gasteiger partial charge in [0.25, 0.3) is 0 Å². The van der Waals surface area contributed by atoms with Gasteiger partial charge in [-0.25, -0.2) is 14.6 Å². The maximum absolute atomic E-state index is 11.8. The molecule has 0 radical (unpaired) electrons. The Morgan fingerprint density at radius 1 is 1.63 bits per heavy atom. The molecule has 0 saturated carbocycles. The van der Waals surface area contributed by atoms with E-state index in [1.807, 2.05) is 13.0 Å². The number of hydrogen-bond acceptors (Lipinski definition) is 5. The molecule has 0 saturated heterocycles. The maximum Gasteiger partial charge on any atom is 0.355 e. The summed E-state index contributed by atoms with van der Waals surface area (Å²) < 4.78 is 0. The molecule has 0 atom stereocenters. The summed E-state index contributed by atoms with van der Waals surface area (Å²) in [6, 6.07) is 1.69. The number of amides is 2. The summed E-state index contributed by atoms with van der Waals surface area (Å²) >= 11 is 1.18. The Labute approximate surface area is 114 Å². The molecule has 0 aliphatic rings. The Bertz CT molecular complexity index is 494. The number of aromatic carboxylic acids is 1. The number of aromatic nitrogens is 1. The van der Waals surface area contributed by atoms with Gasteiger partial charge in [-0.2, -0.15) is 5.26 Å². The number of carboxylic acids is 1. The van der Waals surface area contributed by atoms with Crippen molar-refractivity contribution in [2.45, 2.75) is 19.9 Å². The maximum atomic E-state index is 11.8. The standard InChI is InChI=1S/C11H14N4O3S/c1-2-15(5-3-4-12)11(18)13-6-9-14-8(7-19-9)10(16)17/h7H,2-3,5-6H2,1H3,(H,13,18)(H,16,17). The summed E-state index contributed by atoms with van der Waals surface area (Å²) in [6.07, 6.45) is 0.279. The third-order valence-electron chi connectivity index (χ3n) is 2.32. The van der Waals surface area contributed by atoms with Crippen molar-refractivity contribution >= 4 is 23.3 Å². The molecule has 0 aliphatic heterocycles. The van der Waals surface area contributed by atoms with Gasteiger partial charge in [-0.3, -0.25) is 0 Å². The van der Waals surface area contributed by atoms with Crippen LogP contribution in [0.5, 0.6) is 0 Å². The molecule has 102 valence electrons. The molecule has 0 spiro atoms. The van der Waals surface area contributed by atoms with Gasteiger partial charge in [-0.15, -0.1) is 11.3 Å². The Hall–Kier alpha value is -2.14. The van der Waals surface area contributed by atoms with E-state index in [0.29, 0.717) is 18.1 Å². The predicted octanol–water partition coefficient (Wildman–Crippen LogP) is 1.29. The van der Waals surface area contributed by atoms with Crippen LogP contribution in [0.15, 0.2) is 5.38 Å². The van der Waals surface area contributed by atoms with Gasteiger partial charge in [0.2, 0.25) is 0 Å². The molecule has 7 nitrogen and oxygen atoms in total. The second-order valence-corrected chi connectivity index (χ2v) is 4.52. The highest BCUT2D eigenvalue weighted by Crippen LogP contribution is 2.09. The second kappa shape index (κ2) is 7.33. The number of carbonyl (C=O) groups is 2. The van der Waals surface area contributed by atoms with Gasteiger partial charge in [0.1, 0.15) is 5.01 Å². The third kappa shape index (κ3) is 4.56. The monoisotopic (exact) mass is 282 g/mol. The first-order valence-corrected chi connectivity index (χ1v) is 6.53. The largest absolute Gasteiger partial charge is 0.476 e. The van der Waals surface area contributed by atoms with E-state index in [4.69, 9.17) is 10.4 Å². The topological polar surface area (TPSA) is 106 Å². The van der Waals surface area contributed by atoms with E-state index >= 15 is 0 Å². The predicted molar refractivity (Wildman–Crippen MR) is 68.8 cm³/mol. The van der Waals surface area contributed by atoms with Gasteiger partial charge in [-0.1, -0.05) is 0 Å². The highest BCUT2D eigenvalue weighted by Gasteiger charge is 2.12. The molecule has 0 aliphatic carbocycles. The fourth-order valence-electron chi connectivity index (χ4n) is 1.34. The van der Waals surface area contributed by atoms with Crippen molar-refractivity contribution in [1.29, 1.82) is 5.26 Å². The Balaban J connectivity index is 2.48. The van der Waals surface area contributed by atoms with Crippen LogP contribution < -0.4 is 5.32 Å². The minimum Gasteiger partial charge on any atom is -0.476 e. The van der Waals surface area contributed by atoms with Gasteiger partial charge in [0.15, 0.2) is 5.69 Å². The molecule has 1 aromatic heterocycles. The molecule has 0 bridgehead atoms. The lowest BCUT2D eigenvalue weighted by Crippen LogP contribution is -2.39. The first kappa shape index (κ1) is 14.9. The summed E-state index contributed by atoms with van der Waals surface area (Å²) in [6.45, 7) is 2.88. The van der Waals surface area contributed by atoms with E-state index < -0.39 is 5.97 Å². The molecular weight excluding hydrogens is 268 g/mol. The SMILES string of the molecule is CCN(CCC#N)C(=O)NCc1nc(C(=O)O)cs1. The summed E-state index contributed by atoms with van der Waals surface area (Å²) in [4.78, 5) is 27.8. The number of urea groups is 1. The quantitative estimate of drug-likeness (QED) is 0.817. The molecule has 0 unspecified atom stereocenters. The van der Waals surface area contributed by atoms with E-state index in [2.05, 4.69) is 10.3 Å². The van der Waals surface area contributed by atoms with Crippen molar-refractivity contribution in [2.24, 2.45) is 0 Å². The molecule has 1 rings (SSSR count). The molecule has 2 amide bonds. The Morgan fingerprint density at radius 2 is 2.37 bits per heavy atom. The lowest BCUT2D eigenvalue weighted by molar-refractivity contribution is 0.0691. The van der Waals surface area contributed by atoms with Crippen molar-refractivity contribution in [3.05, 3.63) is 16.1 Å². The van der Waals surface area contributed by atoms with Gasteiger partial charge >= 0.3 is 12.0 Å². The summed E-state index contributed by atoms with van der Waals surface area (Å²) in [5.74, 6) is -1.09. The number of carboxylic acid groups (broad SMARTS) is 1. The molecule has 1 aromatic rings. The Kier molecular flexibility index (Phi) is 5.75. The van der Waals surface area contributed by atoms with Crippen LogP contribution in [0, 0.1) is 11.3 Å². The van der Waals surface area contributed by atoms with Crippen LogP contribution in [-0.4, -0.2) is 40.1 Å². The summed E-state index contributed by atoms with van der Waals surface area (Å²) in [5.41, 5.74) is -0.0222. The van der Waals surface area contributed by atoms with Crippen molar-refractivity contribution in [1.82, 2.24) is 15.2 Å². The smallest absolute Gasteiger partial charge is 0.355 e. The van der Waals surface area contributed by atoms with Crippen LogP contribution in [0.1, 0.15) is 28.8 Å². The molecule has 8 heteroatoms. The van der Waals surface area contributed by atoms with Crippen LogP contribution in [0.3, 0.4) is 0 Å². The minimum absolute atomic E-state index is 0.0222. The molecule has 1 heterocycles. The number of nitrogens with zero attached hydrogens (tertiary/aromatic N) is 3. The van der Waals surface area contributed by atoms with Crippen molar-refractivity contribution < 1.29 is 14.7 Å². The highest BCUT2D eigenvalue weighted by molar-refractivity contribution is 7.09. The number of hydrogen-bond donors (Lipinski definition) is 2. The zero-order valence-electron chi connectivity index (χ0n) is 10.4. The minimum atomic E-state index is -1.09. The Morgan fingerprint density at radius 3 is 2.89 bits per heavy atom. The average Bonchev–Trinajstić information content (AvgIpc) is 2.86. The van der Waals surface area contributed by atoms with E-state index in [1.54, 1.807) is 0 Å². The van der Waals surface area contributed by atoms with E-state index in [1.165, 1.54) is 21.6 Å². The van der Waals surface area contributed by atoms with Crippen molar-refractivity contribution in [2.75, 3.05) is 13.1 Å². The number of nitriles is 1. The van der Waals surface area contributed by atoms with Crippen LogP contribution in [0.25, 0.3) is 0 Å². The fourth-order valence-corrected chi connectivity index (χ4v) is 2.05. The number of thiazole rings is 1. The third-order valence-corrected chi connectivity index (χ3v) is 3.17. The zero-order chi connectivity index (χ0) is 14.3. The van der Waals surface area contributed by atoms with E-state index in [0.717, 1.165) is 0 Å². The lowest BCUT2D eigenvalue weighted by atomic mass is 10.4. The number of nitrogens with one attached hydrogen (secondary N) is 1. The number of rotatable bonds is 6. The van der Waals surface area contributed by atoms with E-state index in [-0.39, 0.29) is 24.7 Å².